The van der Waals surface area contributed by atoms with Crippen molar-refractivity contribution in [3.8, 4) is 5.75 Å². The molecule has 0 bridgehead atoms. The van der Waals surface area contributed by atoms with Gasteiger partial charge in [0.05, 0.1) is 13.3 Å². The van der Waals surface area contributed by atoms with E-state index >= 15 is 0 Å². The van der Waals surface area contributed by atoms with Crippen LogP contribution in [-0.2, 0) is 0 Å². The number of rotatable bonds is 6. The first-order valence-corrected chi connectivity index (χ1v) is 8.15. The highest BCUT2D eigenvalue weighted by Crippen LogP contribution is 2.23. The molecule has 0 fully saturated rings. The van der Waals surface area contributed by atoms with Gasteiger partial charge in [-0.3, -0.25) is 5.43 Å². The Bertz CT molecular complexity index is 812. The average Bonchev–Trinajstić information content (AvgIpc) is 3.05. The van der Waals surface area contributed by atoms with Gasteiger partial charge in [0.15, 0.2) is 0 Å². The number of hydrazone groups is 1. The van der Waals surface area contributed by atoms with Gasteiger partial charge in [0, 0.05) is 5.69 Å². The zero-order valence-electron chi connectivity index (χ0n) is 13.4. The van der Waals surface area contributed by atoms with Crippen LogP contribution < -0.4 is 15.5 Å². The van der Waals surface area contributed by atoms with Gasteiger partial charge in [-0.05, 0) is 48.9 Å². The van der Waals surface area contributed by atoms with Crippen molar-refractivity contribution in [1.29, 1.82) is 0 Å². The lowest BCUT2D eigenvalue weighted by Crippen LogP contribution is -1.90. The third kappa shape index (κ3) is 4.30. The van der Waals surface area contributed by atoms with Crippen LogP contribution in [-0.4, -0.2) is 23.5 Å². The van der Waals surface area contributed by atoms with Crippen molar-refractivity contribution in [1.82, 2.24) is 10.2 Å². The number of ether oxygens (including phenoxy) is 1. The SMILES string of the molecule is COc1ccc(/C=N/Nc2nnc(Nc3ccc(C)cc3)s2)cc1. The van der Waals surface area contributed by atoms with Crippen molar-refractivity contribution < 1.29 is 4.74 Å². The second kappa shape index (κ2) is 7.56. The molecule has 0 saturated heterocycles. The summed E-state index contributed by atoms with van der Waals surface area (Å²) in [5.74, 6) is 0.816. The Labute approximate surface area is 144 Å². The first kappa shape index (κ1) is 15.9. The monoisotopic (exact) mass is 339 g/mol. The third-order valence-corrected chi connectivity index (χ3v) is 3.96. The van der Waals surface area contributed by atoms with Crippen LogP contribution in [0.1, 0.15) is 11.1 Å². The topological polar surface area (TPSA) is 71.4 Å². The van der Waals surface area contributed by atoms with Gasteiger partial charge in [0.25, 0.3) is 0 Å². The summed E-state index contributed by atoms with van der Waals surface area (Å²) in [6, 6.07) is 15.7. The van der Waals surface area contributed by atoms with Crippen LogP contribution in [0.25, 0.3) is 0 Å². The molecule has 0 aliphatic carbocycles. The summed E-state index contributed by atoms with van der Waals surface area (Å²) in [4.78, 5) is 0. The van der Waals surface area contributed by atoms with Crippen LogP contribution in [0.5, 0.6) is 5.75 Å². The minimum absolute atomic E-state index is 0.620. The number of nitrogens with one attached hydrogen (secondary N) is 2. The van der Waals surface area contributed by atoms with Crippen molar-refractivity contribution in [3.05, 3.63) is 59.7 Å². The maximum Gasteiger partial charge on any atom is 0.227 e. The fourth-order valence-corrected chi connectivity index (χ4v) is 2.54. The Morgan fingerprint density at radius 2 is 1.71 bits per heavy atom. The van der Waals surface area contributed by atoms with Crippen LogP contribution in [0.3, 0.4) is 0 Å². The molecule has 1 aromatic heterocycles. The zero-order chi connectivity index (χ0) is 16.8. The quantitative estimate of drug-likeness (QED) is 0.524. The van der Waals surface area contributed by atoms with Gasteiger partial charge < -0.3 is 10.1 Å². The number of anilines is 3. The van der Waals surface area contributed by atoms with E-state index in [0.29, 0.717) is 10.3 Å². The number of methoxy groups -OCH3 is 1. The molecule has 0 radical (unpaired) electrons. The Hall–Kier alpha value is -2.93. The maximum absolute atomic E-state index is 5.12. The average molecular weight is 339 g/mol. The molecule has 3 rings (SSSR count). The van der Waals surface area contributed by atoms with Crippen molar-refractivity contribution >= 4 is 33.5 Å². The molecular formula is C17H17N5OS. The minimum atomic E-state index is 0.620. The van der Waals surface area contributed by atoms with Gasteiger partial charge in [0.1, 0.15) is 5.75 Å². The standard InChI is InChI=1S/C17H17N5OS/c1-12-3-7-14(8-4-12)19-16-21-22-17(24-16)20-18-11-13-5-9-15(23-2)10-6-13/h3-11H,1-2H3,(H,19,21)(H,20,22)/b18-11+. The van der Waals surface area contributed by atoms with Crippen molar-refractivity contribution in [2.75, 3.05) is 17.9 Å². The third-order valence-electron chi connectivity index (χ3n) is 3.22. The highest BCUT2D eigenvalue weighted by Gasteiger charge is 2.03. The van der Waals surface area contributed by atoms with E-state index in [-0.39, 0.29) is 0 Å². The second-order valence-corrected chi connectivity index (χ2v) is 6.02. The summed E-state index contributed by atoms with van der Waals surface area (Å²) in [6.45, 7) is 2.05. The second-order valence-electron chi connectivity index (χ2n) is 5.05. The van der Waals surface area contributed by atoms with E-state index in [4.69, 9.17) is 4.74 Å². The number of hydrogen-bond donors (Lipinski definition) is 2. The molecule has 7 heteroatoms. The van der Waals surface area contributed by atoms with Crippen LogP contribution in [0, 0.1) is 6.92 Å². The Morgan fingerprint density at radius 3 is 2.42 bits per heavy atom. The van der Waals surface area contributed by atoms with Crippen LogP contribution in [0.15, 0.2) is 53.6 Å². The summed E-state index contributed by atoms with van der Waals surface area (Å²) in [6.07, 6.45) is 1.72. The first-order chi connectivity index (χ1) is 11.7. The smallest absolute Gasteiger partial charge is 0.227 e. The fraction of sp³-hybridized carbons (Fsp3) is 0.118. The van der Waals surface area contributed by atoms with Gasteiger partial charge in [-0.1, -0.05) is 29.0 Å². The molecule has 6 nitrogen and oxygen atoms in total. The van der Waals surface area contributed by atoms with Crippen molar-refractivity contribution in [3.63, 3.8) is 0 Å². The van der Waals surface area contributed by atoms with E-state index in [1.54, 1.807) is 13.3 Å². The molecule has 2 N–H and O–H groups in total. The molecule has 0 amide bonds. The number of benzene rings is 2. The molecule has 0 saturated carbocycles. The van der Waals surface area contributed by atoms with E-state index < -0.39 is 0 Å². The van der Waals surface area contributed by atoms with Gasteiger partial charge >= 0.3 is 0 Å². The number of hydrogen-bond acceptors (Lipinski definition) is 7. The highest BCUT2D eigenvalue weighted by atomic mass is 32.1. The minimum Gasteiger partial charge on any atom is -0.497 e. The Balaban J connectivity index is 1.57. The van der Waals surface area contributed by atoms with Crippen molar-refractivity contribution in [2.24, 2.45) is 5.10 Å². The van der Waals surface area contributed by atoms with Gasteiger partial charge in [0.2, 0.25) is 10.3 Å². The molecule has 3 aromatic rings. The lowest BCUT2D eigenvalue weighted by atomic mass is 10.2. The number of nitrogens with zero attached hydrogens (tertiary/aromatic N) is 3. The van der Waals surface area contributed by atoms with Crippen LogP contribution >= 0.6 is 11.3 Å². The largest absolute Gasteiger partial charge is 0.497 e. The Morgan fingerprint density at radius 1 is 1.00 bits per heavy atom. The summed E-state index contributed by atoms with van der Waals surface area (Å²) in [7, 11) is 1.64. The summed E-state index contributed by atoms with van der Waals surface area (Å²) in [5, 5.41) is 16.8. The number of aromatic nitrogens is 2. The molecular weight excluding hydrogens is 322 g/mol. The summed E-state index contributed by atoms with van der Waals surface area (Å²) < 4.78 is 5.12. The van der Waals surface area contributed by atoms with E-state index in [0.717, 1.165) is 17.0 Å². The first-order valence-electron chi connectivity index (χ1n) is 7.33. The molecule has 24 heavy (non-hydrogen) atoms. The highest BCUT2D eigenvalue weighted by molar-refractivity contribution is 7.19. The van der Waals surface area contributed by atoms with Gasteiger partial charge in [-0.15, -0.1) is 10.2 Å². The zero-order valence-corrected chi connectivity index (χ0v) is 14.2. The molecule has 0 aliphatic rings. The molecule has 0 spiro atoms. The number of aryl methyl sites for hydroxylation is 1. The lowest BCUT2D eigenvalue weighted by Gasteiger charge is -2.01. The van der Waals surface area contributed by atoms with Gasteiger partial charge in [-0.2, -0.15) is 5.10 Å². The van der Waals surface area contributed by atoms with Crippen LogP contribution in [0.2, 0.25) is 0 Å². The van der Waals surface area contributed by atoms with E-state index in [9.17, 15) is 0 Å². The molecule has 0 aliphatic heterocycles. The molecule has 2 aromatic carbocycles. The normalized spacial score (nSPS) is 10.8. The summed E-state index contributed by atoms with van der Waals surface area (Å²) >= 11 is 1.39. The molecule has 122 valence electrons. The van der Waals surface area contributed by atoms with Crippen molar-refractivity contribution in [2.45, 2.75) is 6.92 Å². The van der Waals surface area contributed by atoms with E-state index in [1.165, 1.54) is 16.9 Å². The maximum atomic E-state index is 5.12. The molecule has 1 heterocycles. The van der Waals surface area contributed by atoms with Crippen LogP contribution in [0.4, 0.5) is 16.0 Å². The fourth-order valence-electron chi connectivity index (χ4n) is 1.93. The molecule has 0 atom stereocenters. The van der Waals surface area contributed by atoms with E-state index in [1.807, 2.05) is 48.5 Å². The van der Waals surface area contributed by atoms with E-state index in [2.05, 4.69) is 33.0 Å². The van der Waals surface area contributed by atoms with Gasteiger partial charge in [-0.25, -0.2) is 0 Å². The predicted octanol–water partition coefficient (Wildman–Crippen LogP) is 4.04. The lowest BCUT2D eigenvalue weighted by molar-refractivity contribution is 0.415. The molecule has 0 unspecified atom stereocenters. The summed E-state index contributed by atoms with van der Waals surface area (Å²) in [5.41, 5.74) is 6.04. The Kier molecular flexibility index (Phi) is 5.02. The predicted molar refractivity (Wildman–Crippen MR) is 98.6 cm³/mol.